The molecule has 0 bridgehead atoms. The molecule has 1 aliphatic heterocycles. The number of aliphatic hydroxyl groups is 1. The Morgan fingerprint density at radius 2 is 2.00 bits per heavy atom. The van der Waals surface area contributed by atoms with Gasteiger partial charge >= 0.3 is 0 Å². The molecule has 1 saturated heterocycles. The Morgan fingerprint density at radius 3 is 2.63 bits per heavy atom. The van der Waals surface area contributed by atoms with Gasteiger partial charge in [-0.25, -0.2) is 4.98 Å². The maximum absolute atomic E-state index is 9.41. The van der Waals surface area contributed by atoms with Crippen LogP contribution in [0.3, 0.4) is 0 Å². The number of rotatable bonds is 4. The highest BCUT2D eigenvalue weighted by Crippen LogP contribution is 2.39. The van der Waals surface area contributed by atoms with E-state index in [1.807, 2.05) is 6.07 Å². The van der Waals surface area contributed by atoms with Crippen LogP contribution < -0.4 is 4.90 Å². The SMILES string of the molecule is CCCc1cc(CO)cc(N2CC3CCCC3C2)n1. The average molecular weight is 260 g/mol. The molecule has 0 amide bonds. The summed E-state index contributed by atoms with van der Waals surface area (Å²) in [6.07, 6.45) is 6.30. The number of nitrogens with zero attached hydrogens (tertiary/aromatic N) is 2. The lowest BCUT2D eigenvalue weighted by Gasteiger charge is -2.20. The summed E-state index contributed by atoms with van der Waals surface area (Å²) < 4.78 is 0. The summed E-state index contributed by atoms with van der Waals surface area (Å²) in [6.45, 7) is 4.62. The van der Waals surface area contributed by atoms with Crippen molar-refractivity contribution >= 4 is 5.82 Å². The van der Waals surface area contributed by atoms with E-state index in [1.54, 1.807) is 0 Å². The van der Waals surface area contributed by atoms with Crippen molar-refractivity contribution < 1.29 is 5.11 Å². The number of hydrogen-bond donors (Lipinski definition) is 1. The van der Waals surface area contributed by atoms with E-state index in [0.29, 0.717) is 0 Å². The normalized spacial score (nSPS) is 25.9. The fourth-order valence-corrected chi connectivity index (χ4v) is 3.69. The van der Waals surface area contributed by atoms with Gasteiger partial charge in [0, 0.05) is 18.8 Å². The maximum atomic E-state index is 9.41. The molecule has 19 heavy (non-hydrogen) atoms. The highest BCUT2D eigenvalue weighted by atomic mass is 16.3. The Labute approximate surface area is 115 Å². The van der Waals surface area contributed by atoms with Crippen LogP contribution in [0.1, 0.15) is 43.9 Å². The largest absolute Gasteiger partial charge is 0.392 e. The van der Waals surface area contributed by atoms with E-state index in [4.69, 9.17) is 4.98 Å². The second-order valence-electron chi connectivity index (χ2n) is 6.09. The molecular formula is C16H24N2O. The Bertz CT molecular complexity index is 434. The first-order valence-corrected chi connectivity index (χ1v) is 7.65. The van der Waals surface area contributed by atoms with Crippen LogP contribution in [0.4, 0.5) is 5.82 Å². The van der Waals surface area contributed by atoms with Crippen molar-refractivity contribution in [3.8, 4) is 0 Å². The fourth-order valence-electron chi connectivity index (χ4n) is 3.69. The van der Waals surface area contributed by atoms with Crippen LogP contribution in [0.15, 0.2) is 12.1 Å². The highest BCUT2D eigenvalue weighted by molar-refractivity contribution is 5.44. The Balaban J connectivity index is 1.81. The van der Waals surface area contributed by atoms with Crippen molar-refractivity contribution in [2.24, 2.45) is 11.8 Å². The van der Waals surface area contributed by atoms with E-state index in [0.717, 1.165) is 54.8 Å². The lowest BCUT2D eigenvalue weighted by atomic mass is 10.0. The van der Waals surface area contributed by atoms with Crippen LogP contribution in [0, 0.1) is 11.8 Å². The lowest BCUT2D eigenvalue weighted by molar-refractivity contribution is 0.281. The first-order valence-electron chi connectivity index (χ1n) is 7.65. The molecule has 0 aromatic carbocycles. The molecule has 2 unspecified atom stereocenters. The van der Waals surface area contributed by atoms with Crippen LogP contribution in [0.25, 0.3) is 0 Å². The third kappa shape index (κ3) is 2.62. The van der Waals surface area contributed by atoms with Crippen LogP contribution in [0.2, 0.25) is 0 Å². The molecule has 2 fully saturated rings. The summed E-state index contributed by atoms with van der Waals surface area (Å²) in [4.78, 5) is 7.23. The Hall–Kier alpha value is -1.09. The monoisotopic (exact) mass is 260 g/mol. The maximum Gasteiger partial charge on any atom is 0.129 e. The smallest absolute Gasteiger partial charge is 0.129 e. The first kappa shape index (κ1) is 12.9. The molecule has 1 N–H and O–H groups in total. The summed E-state index contributed by atoms with van der Waals surface area (Å²) in [5.74, 6) is 2.85. The van der Waals surface area contributed by atoms with E-state index < -0.39 is 0 Å². The van der Waals surface area contributed by atoms with Gasteiger partial charge in [-0.3, -0.25) is 0 Å². The molecular weight excluding hydrogens is 236 g/mol. The standard InChI is InChI=1S/C16H24N2O/c1-2-4-15-7-12(11-19)8-16(17-15)18-9-13-5-3-6-14(13)10-18/h7-8,13-14,19H,2-6,9-11H2,1H3. The van der Waals surface area contributed by atoms with Crippen LogP contribution in [-0.4, -0.2) is 23.2 Å². The van der Waals surface area contributed by atoms with Gasteiger partial charge in [0.1, 0.15) is 5.82 Å². The molecule has 1 aromatic heterocycles. The predicted molar refractivity (Wildman–Crippen MR) is 77.2 cm³/mol. The minimum Gasteiger partial charge on any atom is -0.392 e. The topological polar surface area (TPSA) is 36.4 Å². The number of aromatic nitrogens is 1. The number of aliphatic hydroxyl groups excluding tert-OH is 1. The second-order valence-corrected chi connectivity index (χ2v) is 6.09. The summed E-state index contributed by atoms with van der Waals surface area (Å²) in [7, 11) is 0. The van der Waals surface area contributed by atoms with Gasteiger partial charge in [-0.05, 0) is 48.8 Å². The Morgan fingerprint density at radius 1 is 1.26 bits per heavy atom. The van der Waals surface area contributed by atoms with Gasteiger partial charge < -0.3 is 10.0 Å². The van der Waals surface area contributed by atoms with Crippen molar-refractivity contribution in [1.82, 2.24) is 4.98 Å². The number of hydrogen-bond acceptors (Lipinski definition) is 3. The average Bonchev–Trinajstić information content (AvgIpc) is 2.99. The molecule has 2 atom stereocenters. The summed E-state index contributed by atoms with van der Waals surface area (Å²) in [6, 6.07) is 4.12. The van der Waals surface area contributed by atoms with Crippen molar-refractivity contribution in [3.05, 3.63) is 23.4 Å². The van der Waals surface area contributed by atoms with Gasteiger partial charge in [-0.15, -0.1) is 0 Å². The van der Waals surface area contributed by atoms with Crippen molar-refractivity contribution in [1.29, 1.82) is 0 Å². The van der Waals surface area contributed by atoms with E-state index in [2.05, 4.69) is 17.9 Å². The number of pyridine rings is 1. The van der Waals surface area contributed by atoms with Crippen LogP contribution in [0.5, 0.6) is 0 Å². The molecule has 1 saturated carbocycles. The lowest BCUT2D eigenvalue weighted by Crippen LogP contribution is -2.22. The third-order valence-corrected chi connectivity index (χ3v) is 4.66. The summed E-state index contributed by atoms with van der Waals surface area (Å²) in [5.41, 5.74) is 2.13. The molecule has 0 radical (unpaired) electrons. The van der Waals surface area contributed by atoms with Crippen molar-refractivity contribution in [2.45, 2.75) is 45.6 Å². The Kier molecular flexibility index (Phi) is 3.74. The quantitative estimate of drug-likeness (QED) is 0.904. The number of aryl methyl sites for hydroxylation is 1. The number of fused-ring (bicyclic) bond motifs is 1. The van der Waals surface area contributed by atoms with Gasteiger partial charge in [0.25, 0.3) is 0 Å². The van der Waals surface area contributed by atoms with Crippen molar-refractivity contribution in [2.75, 3.05) is 18.0 Å². The molecule has 1 aromatic rings. The molecule has 3 rings (SSSR count). The van der Waals surface area contributed by atoms with Gasteiger partial charge in [-0.1, -0.05) is 19.8 Å². The molecule has 104 valence electrons. The third-order valence-electron chi connectivity index (χ3n) is 4.66. The predicted octanol–water partition coefficient (Wildman–Crippen LogP) is 2.76. The van der Waals surface area contributed by atoms with Gasteiger partial charge in [-0.2, -0.15) is 0 Å². The van der Waals surface area contributed by atoms with Crippen molar-refractivity contribution in [3.63, 3.8) is 0 Å². The van der Waals surface area contributed by atoms with Gasteiger partial charge in [0.2, 0.25) is 0 Å². The van der Waals surface area contributed by atoms with Gasteiger partial charge in [0.15, 0.2) is 0 Å². The van der Waals surface area contributed by atoms with E-state index in [9.17, 15) is 5.11 Å². The van der Waals surface area contributed by atoms with Gasteiger partial charge in [0.05, 0.1) is 6.61 Å². The minimum atomic E-state index is 0.118. The fraction of sp³-hybridized carbons (Fsp3) is 0.688. The summed E-state index contributed by atoms with van der Waals surface area (Å²) >= 11 is 0. The molecule has 3 nitrogen and oxygen atoms in total. The molecule has 3 heteroatoms. The zero-order chi connectivity index (χ0) is 13.2. The second kappa shape index (κ2) is 5.49. The molecule has 2 aliphatic rings. The molecule has 0 spiro atoms. The van der Waals surface area contributed by atoms with Crippen LogP contribution >= 0.6 is 0 Å². The van der Waals surface area contributed by atoms with E-state index in [1.165, 1.54) is 19.3 Å². The minimum absolute atomic E-state index is 0.118. The molecule has 1 aliphatic carbocycles. The summed E-state index contributed by atoms with van der Waals surface area (Å²) in [5, 5.41) is 9.41. The van der Waals surface area contributed by atoms with Crippen LogP contribution in [-0.2, 0) is 13.0 Å². The zero-order valence-electron chi connectivity index (χ0n) is 11.8. The number of anilines is 1. The zero-order valence-corrected chi connectivity index (χ0v) is 11.8. The van der Waals surface area contributed by atoms with E-state index >= 15 is 0 Å². The first-order chi connectivity index (χ1) is 9.30. The molecule has 2 heterocycles. The van der Waals surface area contributed by atoms with E-state index in [-0.39, 0.29) is 6.61 Å². The highest BCUT2D eigenvalue weighted by Gasteiger charge is 2.36.